The fraction of sp³-hybridized carbons (Fsp3) is 0.316. The molecule has 0 unspecified atom stereocenters. The van der Waals surface area contributed by atoms with Crippen molar-refractivity contribution >= 4 is 22.5 Å². The zero-order valence-electron chi connectivity index (χ0n) is 15.4. The predicted molar refractivity (Wildman–Crippen MR) is 103 cm³/mol. The molecule has 0 spiro atoms. The average Bonchev–Trinajstić information content (AvgIpc) is 2.68. The molecule has 10 heteroatoms. The molecule has 0 saturated carbocycles. The number of fused-ring (bicyclic) bond motifs is 1. The van der Waals surface area contributed by atoms with Crippen LogP contribution in [0.4, 0.5) is 24.7 Å². The van der Waals surface area contributed by atoms with Gasteiger partial charge in [0.15, 0.2) is 0 Å². The van der Waals surface area contributed by atoms with Crippen molar-refractivity contribution in [3.63, 3.8) is 0 Å². The number of H-pyrrole nitrogens is 1. The Kier molecular flexibility index (Phi) is 5.10. The molecule has 0 aromatic carbocycles. The third kappa shape index (κ3) is 4.02. The number of halogens is 3. The van der Waals surface area contributed by atoms with Gasteiger partial charge in [-0.15, -0.1) is 0 Å². The number of aromatic amines is 1. The van der Waals surface area contributed by atoms with Crippen LogP contribution in [0.25, 0.3) is 11.0 Å². The molecule has 1 aliphatic rings. The largest absolute Gasteiger partial charge is 0.384 e. The first kappa shape index (κ1) is 19.2. The minimum absolute atomic E-state index is 0.146. The third-order valence-corrected chi connectivity index (χ3v) is 4.98. The fourth-order valence-corrected chi connectivity index (χ4v) is 3.47. The van der Waals surface area contributed by atoms with Crippen LogP contribution in [-0.2, 0) is 6.54 Å². The number of nitrogens with one attached hydrogen (secondary N) is 1. The van der Waals surface area contributed by atoms with E-state index in [1.807, 2.05) is 4.90 Å². The first-order valence-corrected chi connectivity index (χ1v) is 9.10. The Bertz CT molecular complexity index is 1090. The Hall–Kier alpha value is -3.14. The Morgan fingerprint density at radius 2 is 1.93 bits per heavy atom. The number of piperazine rings is 1. The molecule has 3 aromatic heterocycles. The molecule has 1 fully saturated rings. The second kappa shape index (κ2) is 7.70. The zero-order chi connectivity index (χ0) is 20.5. The van der Waals surface area contributed by atoms with Crippen LogP contribution in [0.3, 0.4) is 0 Å². The van der Waals surface area contributed by atoms with Gasteiger partial charge in [-0.2, -0.15) is 4.39 Å². The van der Waals surface area contributed by atoms with E-state index in [1.54, 1.807) is 24.4 Å². The van der Waals surface area contributed by atoms with E-state index < -0.39 is 23.5 Å². The highest BCUT2D eigenvalue weighted by molar-refractivity contribution is 5.74. The molecule has 3 aromatic rings. The lowest BCUT2D eigenvalue weighted by atomic mass is 10.2. The number of nitrogens with zero attached hydrogens (tertiary/aromatic N) is 4. The van der Waals surface area contributed by atoms with E-state index in [9.17, 15) is 18.0 Å². The quantitative estimate of drug-likeness (QED) is 0.649. The molecule has 1 aliphatic heterocycles. The lowest BCUT2D eigenvalue weighted by Gasteiger charge is -2.36. The number of aromatic nitrogens is 3. The normalized spacial score (nSPS) is 15.4. The van der Waals surface area contributed by atoms with Gasteiger partial charge in [-0.25, -0.2) is 13.8 Å². The first-order valence-electron chi connectivity index (χ1n) is 9.10. The van der Waals surface area contributed by atoms with E-state index in [2.05, 4.69) is 19.9 Å². The number of rotatable bonds is 4. The summed E-state index contributed by atoms with van der Waals surface area (Å²) in [4.78, 5) is 26.2. The Balaban J connectivity index is 1.44. The number of hydrogen-bond acceptors (Lipinski definition) is 6. The van der Waals surface area contributed by atoms with Gasteiger partial charge in [-0.1, -0.05) is 0 Å². The van der Waals surface area contributed by atoms with Crippen molar-refractivity contribution in [1.82, 2.24) is 19.9 Å². The molecule has 1 saturated heterocycles. The number of alkyl halides is 2. The second-order valence-electron chi connectivity index (χ2n) is 6.94. The summed E-state index contributed by atoms with van der Waals surface area (Å²) in [5.74, 6) is -0.434. The smallest absolute Gasteiger partial charge is 0.269 e. The van der Waals surface area contributed by atoms with Crippen molar-refractivity contribution in [3.05, 3.63) is 57.9 Å². The fourth-order valence-electron chi connectivity index (χ4n) is 3.47. The lowest BCUT2D eigenvalue weighted by Crippen LogP contribution is -2.46. The van der Waals surface area contributed by atoms with Crippen molar-refractivity contribution in [2.24, 2.45) is 0 Å². The number of nitrogen functional groups attached to an aromatic ring is 1. The molecule has 0 bridgehead atoms. The van der Waals surface area contributed by atoms with Gasteiger partial charge in [0, 0.05) is 38.9 Å². The highest BCUT2D eigenvalue weighted by atomic mass is 19.3. The highest BCUT2D eigenvalue weighted by Crippen LogP contribution is 2.22. The van der Waals surface area contributed by atoms with Crippen molar-refractivity contribution in [1.29, 1.82) is 0 Å². The Morgan fingerprint density at radius 1 is 1.17 bits per heavy atom. The van der Waals surface area contributed by atoms with Gasteiger partial charge >= 0.3 is 0 Å². The molecule has 3 N–H and O–H groups in total. The maximum Gasteiger partial charge on any atom is 0.269 e. The number of hydrogen-bond donors (Lipinski definition) is 2. The van der Waals surface area contributed by atoms with Crippen molar-refractivity contribution in [3.8, 4) is 0 Å². The van der Waals surface area contributed by atoms with Gasteiger partial charge in [-0.3, -0.25) is 14.7 Å². The van der Waals surface area contributed by atoms with Crippen LogP contribution in [0, 0.1) is 5.95 Å². The predicted octanol–water partition coefficient (Wildman–Crippen LogP) is 2.30. The summed E-state index contributed by atoms with van der Waals surface area (Å²) < 4.78 is 39.7. The van der Waals surface area contributed by atoms with E-state index in [0.29, 0.717) is 49.4 Å². The van der Waals surface area contributed by atoms with Gasteiger partial charge in [0.25, 0.3) is 12.0 Å². The minimum atomic E-state index is -2.85. The number of anilines is 2. The maximum absolute atomic E-state index is 14.0. The molecule has 4 rings (SSSR count). The van der Waals surface area contributed by atoms with E-state index in [4.69, 9.17) is 5.73 Å². The highest BCUT2D eigenvalue weighted by Gasteiger charge is 2.21. The van der Waals surface area contributed by atoms with E-state index >= 15 is 0 Å². The zero-order valence-corrected chi connectivity index (χ0v) is 15.4. The third-order valence-electron chi connectivity index (χ3n) is 4.98. The van der Waals surface area contributed by atoms with Gasteiger partial charge < -0.3 is 15.6 Å². The summed E-state index contributed by atoms with van der Waals surface area (Å²) in [6.45, 7) is 3.22. The van der Waals surface area contributed by atoms with Gasteiger partial charge in [0.05, 0.1) is 22.3 Å². The summed E-state index contributed by atoms with van der Waals surface area (Å²) >= 11 is 0. The molecule has 0 radical (unpaired) electrons. The topological polar surface area (TPSA) is 91.1 Å². The first-order chi connectivity index (χ1) is 13.9. The Labute approximate surface area is 164 Å². The van der Waals surface area contributed by atoms with Gasteiger partial charge in [0.2, 0.25) is 5.95 Å². The van der Waals surface area contributed by atoms with Crippen LogP contribution in [0.5, 0.6) is 0 Å². The molecule has 0 aliphatic carbocycles. The van der Waals surface area contributed by atoms with Crippen LogP contribution >= 0.6 is 0 Å². The second-order valence-corrected chi connectivity index (χ2v) is 6.94. The molecular formula is C19H19F3N6O. The average molecular weight is 404 g/mol. The molecule has 0 amide bonds. The molecule has 4 heterocycles. The van der Waals surface area contributed by atoms with E-state index in [1.165, 1.54) is 0 Å². The van der Waals surface area contributed by atoms with Gasteiger partial charge in [0.1, 0.15) is 5.82 Å². The number of pyridine rings is 3. The summed E-state index contributed by atoms with van der Waals surface area (Å²) in [6, 6.07) is 6.07. The monoisotopic (exact) mass is 404 g/mol. The van der Waals surface area contributed by atoms with Crippen LogP contribution < -0.4 is 16.2 Å². The van der Waals surface area contributed by atoms with Crippen LogP contribution in [0.2, 0.25) is 0 Å². The summed E-state index contributed by atoms with van der Waals surface area (Å²) in [6.07, 6.45) is -1.23. The summed E-state index contributed by atoms with van der Waals surface area (Å²) in [5.41, 5.74) is 6.13. The summed E-state index contributed by atoms with van der Waals surface area (Å²) in [5, 5.41) is 0. The summed E-state index contributed by atoms with van der Waals surface area (Å²) in [7, 11) is 0. The molecule has 152 valence electrons. The molecule has 29 heavy (non-hydrogen) atoms. The van der Waals surface area contributed by atoms with E-state index in [0.717, 1.165) is 11.6 Å². The van der Waals surface area contributed by atoms with Gasteiger partial charge in [-0.05, 0) is 29.8 Å². The molecular weight excluding hydrogens is 385 g/mol. The van der Waals surface area contributed by atoms with Crippen LogP contribution in [-0.4, -0.2) is 46.0 Å². The van der Waals surface area contributed by atoms with Crippen LogP contribution in [0.1, 0.15) is 17.6 Å². The lowest BCUT2D eigenvalue weighted by molar-refractivity contribution is 0.150. The molecule has 7 nitrogen and oxygen atoms in total. The van der Waals surface area contributed by atoms with Crippen molar-refractivity contribution < 1.29 is 13.2 Å². The standard InChI is InChI=1S/C19H19F3N6O/c20-17(21)12-8-13-14(25-19(12)29)7-11(9-24-13)10-27-3-5-28(6-4-27)15-1-2-16(23)26-18(15)22/h1-2,7-9,17H,3-6,10H2,(H2,23,26)(H,25,29). The van der Waals surface area contributed by atoms with Crippen LogP contribution in [0.15, 0.2) is 35.3 Å². The maximum atomic E-state index is 14.0. The molecule has 0 atom stereocenters. The van der Waals surface area contributed by atoms with E-state index in [-0.39, 0.29) is 5.82 Å². The Morgan fingerprint density at radius 3 is 2.62 bits per heavy atom. The SMILES string of the molecule is Nc1ccc(N2CCN(Cc3cnc4cc(C(F)F)c(=O)[nH]c4c3)CC2)c(F)n1. The van der Waals surface area contributed by atoms with Crippen molar-refractivity contribution in [2.75, 3.05) is 36.8 Å². The number of nitrogens with two attached hydrogens (primary N) is 1. The minimum Gasteiger partial charge on any atom is -0.384 e. The van der Waals surface area contributed by atoms with Crippen molar-refractivity contribution in [2.45, 2.75) is 13.0 Å².